The van der Waals surface area contributed by atoms with E-state index in [9.17, 15) is 18.0 Å². The number of fused-ring (bicyclic) bond motifs is 1. The number of halogens is 5. The minimum absolute atomic E-state index is 0.122. The average molecular weight is 461 g/mol. The molecule has 3 rings (SSSR count). The summed E-state index contributed by atoms with van der Waals surface area (Å²) in [6, 6.07) is 3.02. The Morgan fingerprint density at radius 3 is 2.50 bits per heavy atom. The van der Waals surface area contributed by atoms with Crippen molar-refractivity contribution in [2.45, 2.75) is 45.6 Å². The second kappa shape index (κ2) is 8.06. The molecule has 2 atom stereocenters. The molecule has 2 aliphatic rings. The first kappa shape index (κ1) is 22.9. The zero-order valence-corrected chi connectivity index (χ0v) is 18.4. The van der Waals surface area contributed by atoms with Gasteiger partial charge in [-0.2, -0.15) is 13.2 Å². The predicted octanol–water partition coefficient (Wildman–Crippen LogP) is 6.80. The predicted molar refractivity (Wildman–Crippen MR) is 111 cm³/mol. The molecule has 2 unspecified atom stereocenters. The van der Waals surface area contributed by atoms with Crippen LogP contribution in [-0.2, 0) is 9.47 Å². The first-order chi connectivity index (χ1) is 13.8. The largest absolute Gasteiger partial charge is 0.456 e. The quantitative estimate of drug-likeness (QED) is 0.455. The Labute approximate surface area is 183 Å². The van der Waals surface area contributed by atoms with E-state index in [4.69, 9.17) is 32.7 Å². The number of ether oxygens (including phenoxy) is 2. The first-order valence-electron chi connectivity index (χ1n) is 9.28. The van der Waals surface area contributed by atoms with Crippen LogP contribution in [0.2, 0.25) is 10.0 Å². The number of alkyl halides is 3. The molecular weight excluding hydrogens is 440 g/mol. The summed E-state index contributed by atoms with van der Waals surface area (Å²) in [5, 5.41) is 0.434. The van der Waals surface area contributed by atoms with Crippen molar-refractivity contribution >= 4 is 35.2 Å². The van der Waals surface area contributed by atoms with E-state index < -0.39 is 29.4 Å². The molecule has 1 aromatic rings. The number of esters is 1. The van der Waals surface area contributed by atoms with Crippen molar-refractivity contribution in [1.82, 2.24) is 0 Å². The van der Waals surface area contributed by atoms with Gasteiger partial charge in [0.15, 0.2) is 0 Å². The molecule has 1 aromatic carbocycles. The van der Waals surface area contributed by atoms with E-state index in [1.165, 1.54) is 12.1 Å². The van der Waals surface area contributed by atoms with Gasteiger partial charge in [0.2, 0.25) is 0 Å². The Morgan fingerprint density at radius 1 is 1.23 bits per heavy atom. The SMILES string of the molecule is CC1=CC(C(F)(F)F)=CC2OC/C(=C\c3c(Cl)ccc(C(=O)OC(C)(C)C)c3Cl)C12. The minimum Gasteiger partial charge on any atom is -0.456 e. The van der Waals surface area contributed by atoms with Crippen LogP contribution in [0.25, 0.3) is 6.08 Å². The zero-order chi connectivity index (χ0) is 22.4. The minimum atomic E-state index is -4.43. The van der Waals surface area contributed by atoms with E-state index in [-0.39, 0.29) is 23.1 Å². The van der Waals surface area contributed by atoms with Crippen molar-refractivity contribution in [3.8, 4) is 0 Å². The molecule has 1 heterocycles. The van der Waals surface area contributed by atoms with Crippen LogP contribution >= 0.6 is 23.2 Å². The van der Waals surface area contributed by atoms with Crippen molar-refractivity contribution in [2.24, 2.45) is 5.92 Å². The molecule has 1 aliphatic heterocycles. The van der Waals surface area contributed by atoms with Gasteiger partial charge in [0.1, 0.15) is 5.60 Å². The van der Waals surface area contributed by atoms with E-state index in [0.717, 1.165) is 17.7 Å². The maximum absolute atomic E-state index is 13.1. The van der Waals surface area contributed by atoms with Gasteiger partial charge in [0, 0.05) is 16.5 Å². The summed E-state index contributed by atoms with van der Waals surface area (Å²) >= 11 is 12.8. The molecule has 0 N–H and O–H groups in total. The van der Waals surface area contributed by atoms with E-state index in [0.29, 0.717) is 16.2 Å². The van der Waals surface area contributed by atoms with Crippen molar-refractivity contribution in [3.63, 3.8) is 0 Å². The number of carbonyl (C=O) groups excluding carboxylic acids is 1. The topological polar surface area (TPSA) is 35.5 Å². The lowest BCUT2D eigenvalue weighted by Crippen LogP contribution is -2.24. The smallest absolute Gasteiger partial charge is 0.416 e. The van der Waals surface area contributed by atoms with Crippen LogP contribution in [0.3, 0.4) is 0 Å². The number of hydrogen-bond donors (Lipinski definition) is 0. The number of allylic oxidation sites excluding steroid dienone is 2. The summed E-state index contributed by atoms with van der Waals surface area (Å²) < 4.78 is 50.3. The highest BCUT2D eigenvalue weighted by Crippen LogP contribution is 2.43. The third-order valence-electron chi connectivity index (χ3n) is 4.79. The molecule has 1 saturated heterocycles. The fourth-order valence-electron chi connectivity index (χ4n) is 3.53. The van der Waals surface area contributed by atoms with E-state index >= 15 is 0 Å². The third-order valence-corrected chi connectivity index (χ3v) is 5.53. The Balaban J connectivity index is 1.97. The third kappa shape index (κ3) is 4.76. The average Bonchev–Trinajstić information content (AvgIpc) is 2.99. The van der Waals surface area contributed by atoms with Crippen molar-refractivity contribution in [3.05, 3.63) is 62.2 Å². The van der Waals surface area contributed by atoms with E-state index in [2.05, 4.69) is 0 Å². The highest BCUT2D eigenvalue weighted by atomic mass is 35.5. The Hall–Kier alpha value is -1.76. The van der Waals surface area contributed by atoms with Crippen molar-refractivity contribution in [2.75, 3.05) is 6.61 Å². The van der Waals surface area contributed by atoms with Gasteiger partial charge in [-0.15, -0.1) is 0 Å². The van der Waals surface area contributed by atoms with Crippen molar-refractivity contribution in [1.29, 1.82) is 0 Å². The lowest BCUT2D eigenvalue weighted by molar-refractivity contribution is -0.0897. The van der Waals surface area contributed by atoms with Gasteiger partial charge in [0.25, 0.3) is 0 Å². The van der Waals surface area contributed by atoms with Crippen LogP contribution in [0.4, 0.5) is 13.2 Å². The normalized spacial score (nSPS) is 23.2. The van der Waals surface area contributed by atoms with Gasteiger partial charge >= 0.3 is 12.1 Å². The fourth-order valence-corrected chi connectivity index (χ4v) is 4.09. The number of benzene rings is 1. The van der Waals surface area contributed by atoms with E-state index in [1.54, 1.807) is 33.8 Å². The summed E-state index contributed by atoms with van der Waals surface area (Å²) in [6.07, 6.45) is -1.24. The van der Waals surface area contributed by atoms with Crippen molar-refractivity contribution < 1.29 is 27.4 Å². The summed E-state index contributed by atoms with van der Waals surface area (Å²) in [7, 11) is 0. The van der Waals surface area contributed by atoms with Gasteiger partial charge in [-0.05, 0) is 57.6 Å². The highest BCUT2D eigenvalue weighted by Gasteiger charge is 2.41. The summed E-state index contributed by atoms with van der Waals surface area (Å²) in [4.78, 5) is 12.5. The number of hydrogen-bond acceptors (Lipinski definition) is 3. The molecule has 0 amide bonds. The molecule has 1 fully saturated rings. The molecular formula is C22H21Cl2F3O3. The standard InChI is InChI=1S/C22H21Cl2F3O3/c1-11-7-13(22(25,26)27)9-17-18(11)12(10-29-17)8-15-16(23)6-5-14(19(15)24)20(28)30-21(2,3)4/h5-9,17-18H,10H2,1-4H3/b12-8+. The molecule has 3 nitrogen and oxygen atoms in total. The second-order valence-electron chi connectivity index (χ2n) is 8.31. The second-order valence-corrected chi connectivity index (χ2v) is 9.09. The maximum atomic E-state index is 13.1. The Bertz CT molecular complexity index is 969. The lowest BCUT2D eigenvalue weighted by Gasteiger charge is -2.24. The first-order valence-corrected chi connectivity index (χ1v) is 10.0. The van der Waals surface area contributed by atoms with Crippen LogP contribution < -0.4 is 0 Å². The maximum Gasteiger partial charge on any atom is 0.416 e. The number of rotatable bonds is 2. The van der Waals surface area contributed by atoms with Gasteiger partial charge in [-0.25, -0.2) is 4.79 Å². The lowest BCUT2D eigenvalue weighted by atomic mass is 9.83. The Morgan fingerprint density at radius 2 is 1.90 bits per heavy atom. The molecule has 8 heteroatoms. The van der Waals surface area contributed by atoms with Crippen LogP contribution in [0.15, 0.2) is 41.0 Å². The van der Waals surface area contributed by atoms with Gasteiger partial charge in [-0.3, -0.25) is 0 Å². The zero-order valence-electron chi connectivity index (χ0n) is 16.9. The van der Waals surface area contributed by atoms with Gasteiger partial charge in [-0.1, -0.05) is 34.9 Å². The monoisotopic (exact) mass is 460 g/mol. The van der Waals surface area contributed by atoms with Gasteiger partial charge in [0.05, 0.1) is 28.9 Å². The molecule has 0 aromatic heterocycles. The van der Waals surface area contributed by atoms with Crippen LogP contribution in [0.5, 0.6) is 0 Å². The van der Waals surface area contributed by atoms with E-state index in [1.807, 2.05) is 0 Å². The molecule has 1 aliphatic carbocycles. The fraction of sp³-hybridized carbons (Fsp3) is 0.409. The molecule has 30 heavy (non-hydrogen) atoms. The molecule has 0 radical (unpaired) electrons. The Kier molecular flexibility index (Phi) is 6.16. The highest BCUT2D eigenvalue weighted by molar-refractivity contribution is 6.39. The summed E-state index contributed by atoms with van der Waals surface area (Å²) in [5.41, 5.74) is 0.418. The van der Waals surface area contributed by atoms with Crippen LogP contribution in [0.1, 0.15) is 43.6 Å². The van der Waals surface area contributed by atoms with Crippen LogP contribution in [-0.4, -0.2) is 30.5 Å². The molecule has 0 saturated carbocycles. The molecule has 162 valence electrons. The van der Waals surface area contributed by atoms with Crippen LogP contribution in [0, 0.1) is 5.92 Å². The summed E-state index contributed by atoms with van der Waals surface area (Å²) in [5.74, 6) is -0.940. The molecule has 0 bridgehead atoms. The van der Waals surface area contributed by atoms with Gasteiger partial charge < -0.3 is 9.47 Å². The summed E-state index contributed by atoms with van der Waals surface area (Å²) in [6.45, 7) is 7.00. The molecule has 0 spiro atoms. The number of carbonyl (C=O) groups is 1.